The quantitative estimate of drug-likeness (QED) is 0.695. The van der Waals surface area contributed by atoms with Gasteiger partial charge in [0.05, 0.1) is 0 Å². The fraction of sp³-hybridized carbons (Fsp3) is 0. The number of carbonyl (C=O) groups excluding carboxylic acids is 2. The molecular weight excluding hydrogens is 424 g/mol. The second-order valence-electron chi connectivity index (χ2n) is 5.96. The van der Waals surface area contributed by atoms with Gasteiger partial charge < -0.3 is 10.2 Å². The van der Waals surface area contributed by atoms with Crippen molar-refractivity contribution in [3.63, 3.8) is 0 Å². The molecule has 2 aromatic carbocycles. The van der Waals surface area contributed by atoms with Gasteiger partial charge in [-0.15, -0.1) is 0 Å². The van der Waals surface area contributed by atoms with Gasteiger partial charge in [-0.3, -0.25) is 9.59 Å². The van der Waals surface area contributed by atoms with Crippen LogP contribution in [0.3, 0.4) is 0 Å². The number of hydrazone groups is 2. The topological polar surface area (TPSA) is 106 Å². The summed E-state index contributed by atoms with van der Waals surface area (Å²) in [4.78, 5) is 25.6. The molecule has 30 heavy (non-hydrogen) atoms. The Labute approximate surface area is 179 Å². The van der Waals surface area contributed by atoms with Crippen molar-refractivity contribution in [1.29, 1.82) is 0 Å². The third-order valence-electron chi connectivity index (χ3n) is 3.98. The second-order valence-corrected chi connectivity index (χ2v) is 7.68. The van der Waals surface area contributed by atoms with Crippen LogP contribution < -0.4 is 0 Å². The van der Waals surface area contributed by atoms with E-state index >= 15 is 0 Å². The molecule has 0 saturated heterocycles. The van der Waals surface area contributed by atoms with E-state index in [1.54, 1.807) is 24.3 Å². The third kappa shape index (κ3) is 3.95. The molecule has 2 aromatic rings. The zero-order valence-corrected chi connectivity index (χ0v) is 16.9. The molecule has 2 aliphatic heterocycles. The van der Waals surface area contributed by atoms with Gasteiger partial charge in [-0.1, -0.05) is 84.2 Å². The van der Waals surface area contributed by atoms with Crippen LogP contribution in [0.4, 0.5) is 0 Å². The molecule has 0 fully saturated rings. The molecule has 10 heteroatoms. The summed E-state index contributed by atoms with van der Waals surface area (Å²) in [5, 5.41) is 33.0. The zero-order chi connectivity index (χ0) is 21.1. The molecular formula is C20H14N4O4S2. The second kappa shape index (κ2) is 8.47. The molecule has 150 valence electrons. The van der Waals surface area contributed by atoms with Crippen LogP contribution in [0, 0.1) is 0 Å². The molecule has 2 aliphatic rings. The maximum atomic E-state index is 12.8. The van der Waals surface area contributed by atoms with Crippen LogP contribution in [0.25, 0.3) is 0 Å². The lowest BCUT2D eigenvalue weighted by Crippen LogP contribution is -2.42. The van der Waals surface area contributed by atoms with E-state index in [0.717, 1.165) is 34.7 Å². The van der Waals surface area contributed by atoms with Crippen molar-refractivity contribution in [2.45, 2.75) is 0 Å². The van der Waals surface area contributed by atoms with E-state index in [1.165, 1.54) is 10.8 Å². The Bertz CT molecular complexity index is 1020. The number of carbonyl (C=O) groups is 2. The van der Waals surface area contributed by atoms with Gasteiger partial charge in [0.1, 0.15) is 10.1 Å². The van der Waals surface area contributed by atoms with E-state index in [9.17, 15) is 19.8 Å². The van der Waals surface area contributed by atoms with Crippen molar-refractivity contribution >= 4 is 45.4 Å². The van der Waals surface area contributed by atoms with E-state index in [4.69, 9.17) is 0 Å². The Morgan fingerprint density at radius 2 is 1.03 bits per heavy atom. The zero-order valence-electron chi connectivity index (χ0n) is 15.2. The lowest BCUT2D eigenvalue weighted by atomic mass is 10.2. The van der Waals surface area contributed by atoms with Crippen molar-refractivity contribution in [3.05, 3.63) is 94.4 Å². The van der Waals surface area contributed by atoms with Gasteiger partial charge in [0.25, 0.3) is 0 Å². The molecule has 0 saturated carbocycles. The fourth-order valence-corrected chi connectivity index (χ4v) is 3.98. The number of hydrogen-bond acceptors (Lipinski definition) is 8. The average Bonchev–Trinajstić information content (AvgIpc) is 2.80. The molecule has 4 rings (SSSR count). The molecule has 2 amide bonds. The predicted octanol–water partition coefficient (Wildman–Crippen LogP) is 3.57. The van der Waals surface area contributed by atoms with Crippen molar-refractivity contribution in [2.75, 3.05) is 0 Å². The summed E-state index contributed by atoms with van der Waals surface area (Å²) < 4.78 is 0. The highest BCUT2D eigenvalue weighted by atomic mass is 32.2. The normalized spacial score (nSPS) is 16.3. The molecule has 0 radical (unpaired) electrons. The summed E-state index contributed by atoms with van der Waals surface area (Å²) in [5.74, 6) is -3.33. The van der Waals surface area contributed by atoms with E-state index in [2.05, 4.69) is 10.2 Å². The first-order valence-electron chi connectivity index (χ1n) is 8.63. The van der Waals surface area contributed by atoms with Gasteiger partial charge >= 0.3 is 11.8 Å². The molecule has 2 heterocycles. The van der Waals surface area contributed by atoms with Crippen molar-refractivity contribution in [2.24, 2.45) is 10.2 Å². The highest BCUT2D eigenvalue weighted by Crippen LogP contribution is 2.27. The number of thioether (sulfide) groups is 2. The highest BCUT2D eigenvalue weighted by molar-refractivity contribution is 8.17. The van der Waals surface area contributed by atoms with Crippen LogP contribution in [0.1, 0.15) is 11.1 Å². The lowest BCUT2D eigenvalue weighted by Gasteiger charge is -2.24. The number of aliphatic hydroxyl groups is 2. The summed E-state index contributed by atoms with van der Waals surface area (Å²) in [6.07, 6.45) is 0. The SMILES string of the molecule is O=C(C(=O)N1N=C(c2ccccc2)SC=C1O)N1N=C(c2ccccc2)SC=C1O. The van der Waals surface area contributed by atoms with Crippen molar-refractivity contribution in [3.8, 4) is 0 Å². The number of nitrogens with zero attached hydrogens (tertiary/aromatic N) is 4. The lowest BCUT2D eigenvalue weighted by molar-refractivity contribution is -0.151. The van der Waals surface area contributed by atoms with Gasteiger partial charge in [0.15, 0.2) is 0 Å². The highest BCUT2D eigenvalue weighted by Gasteiger charge is 2.35. The number of amides is 2. The van der Waals surface area contributed by atoms with Gasteiger partial charge in [0, 0.05) is 21.9 Å². The Hall–Kier alpha value is -3.50. The minimum atomic E-state index is -1.17. The maximum absolute atomic E-state index is 12.8. The number of benzene rings is 2. The van der Waals surface area contributed by atoms with Crippen LogP contribution in [0.2, 0.25) is 0 Å². The van der Waals surface area contributed by atoms with Crippen molar-refractivity contribution in [1.82, 2.24) is 10.0 Å². The molecule has 0 atom stereocenters. The first kappa shape index (κ1) is 19.8. The molecule has 0 unspecified atom stereocenters. The summed E-state index contributed by atoms with van der Waals surface area (Å²) in [6, 6.07) is 18.1. The molecule has 8 nitrogen and oxygen atoms in total. The Balaban J connectivity index is 1.61. The van der Waals surface area contributed by atoms with E-state index < -0.39 is 23.6 Å². The first-order chi connectivity index (χ1) is 14.5. The largest absolute Gasteiger partial charge is 0.493 e. The third-order valence-corrected chi connectivity index (χ3v) is 5.72. The summed E-state index contributed by atoms with van der Waals surface area (Å²) in [5.41, 5.74) is 1.44. The molecule has 0 bridgehead atoms. The molecule has 0 spiro atoms. The number of aliphatic hydroxyl groups excluding tert-OH is 2. The number of rotatable bonds is 2. The van der Waals surface area contributed by atoms with Crippen molar-refractivity contribution < 1.29 is 19.8 Å². The number of hydrogen-bond donors (Lipinski definition) is 2. The molecule has 0 aliphatic carbocycles. The average molecular weight is 438 g/mol. The minimum Gasteiger partial charge on any atom is -0.493 e. The van der Waals surface area contributed by atoms with E-state index in [0.29, 0.717) is 20.1 Å². The predicted molar refractivity (Wildman–Crippen MR) is 116 cm³/mol. The summed E-state index contributed by atoms with van der Waals surface area (Å²) >= 11 is 2.24. The standard InChI is InChI=1S/C20H14N4O4S2/c25-15-11-29-17(13-7-3-1-4-8-13)21-23(15)19(27)20(28)24-16(26)12-30-18(22-24)14-9-5-2-6-10-14/h1-12,25-26H. The monoisotopic (exact) mass is 438 g/mol. The minimum absolute atomic E-state index is 0.428. The summed E-state index contributed by atoms with van der Waals surface area (Å²) in [6.45, 7) is 0. The van der Waals surface area contributed by atoms with Crippen LogP contribution in [-0.2, 0) is 9.59 Å². The molecule has 0 aromatic heterocycles. The smallest absolute Gasteiger partial charge is 0.341 e. The maximum Gasteiger partial charge on any atom is 0.341 e. The Kier molecular flexibility index (Phi) is 5.59. The molecule has 2 N–H and O–H groups in total. The first-order valence-corrected chi connectivity index (χ1v) is 10.4. The van der Waals surface area contributed by atoms with E-state index in [-0.39, 0.29) is 0 Å². The van der Waals surface area contributed by atoms with Crippen LogP contribution >= 0.6 is 23.5 Å². The van der Waals surface area contributed by atoms with Gasteiger partial charge in [0.2, 0.25) is 11.8 Å². The van der Waals surface area contributed by atoms with E-state index in [1.807, 2.05) is 36.4 Å². The van der Waals surface area contributed by atoms with Crippen LogP contribution in [0.5, 0.6) is 0 Å². The van der Waals surface area contributed by atoms with Gasteiger partial charge in [-0.25, -0.2) is 0 Å². The van der Waals surface area contributed by atoms with Crippen LogP contribution in [0.15, 0.2) is 93.4 Å². The van der Waals surface area contributed by atoms with Crippen LogP contribution in [-0.4, -0.2) is 42.1 Å². The Morgan fingerprint density at radius 3 is 1.40 bits per heavy atom. The van der Waals surface area contributed by atoms with Gasteiger partial charge in [-0.2, -0.15) is 20.2 Å². The summed E-state index contributed by atoms with van der Waals surface area (Å²) in [7, 11) is 0. The fourth-order valence-electron chi connectivity index (χ4n) is 2.54. The van der Waals surface area contributed by atoms with Gasteiger partial charge in [-0.05, 0) is 0 Å². The Morgan fingerprint density at radius 1 is 0.667 bits per heavy atom.